The van der Waals surface area contributed by atoms with Crippen LogP contribution in [0.5, 0.6) is 0 Å². The van der Waals surface area contributed by atoms with Crippen molar-refractivity contribution in [1.82, 2.24) is 4.90 Å². The lowest BCUT2D eigenvalue weighted by molar-refractivity contribution is 0.348. The SMILES string of the molecule is CCS(=O)(=O)CCN(C)CCC(C)Br. The van der Waals surface area contributed by atoms with E-state index in [1.165, 1.54) is 0 Å². The third kappa shape index (κ3) is 7.76. The highest BCUT2D eigenvalue weighted by Gasteiger charge is 2.09. The molecule has 0 amide bonds. The molecule has 0 aliphatic heterocycles. The van der Waals surface area contributed by atoms with Crippen molar-refractivity contribution < 1.29 is 8.42 Å². The van der Waals surface area contributed by atoms with Crippen LogP contribution in [0.3, 0.4) is 0 Å². The normalized spacial score (nSPS) is 14.6. The maximum Gasteiger partial charge on any atom is 0.151 e. The van der Waals surface area contributed by atoms with Crippen LogP contribution in [0.25, 0.3) is 0 Å². The number of hydrogen-bond acceptors (Lipinski definition) is 3. The average Bonchev–Trinajstić information content (AvgIpc) is 2.11. The molecule has 1 atom stereocenters. The summed E-state index contributed by atoms with van der Waals surface area (Å²) in [6.45, 7) is 5.36. The van der Waals surface area contributed by atoms with Crippen molar-refractivity contribution in [3.63, 3.8) is 0 Å². The van der Waals surface area contributed by atoms with Crippen LogP contribution in [-0.2, 0) is 9.84 Å². The van der Waals surface area contributed by atoms with E-state index in [0.717, 1.165) is 13.0 Å². The minimum absolute atomic E-state index is 0.246. The van der Waals surface area contributed by atoms with E-state index in [4.69, 9.17) is 0 Å². The Hall–Kier alpha value is 0.390. The molecule has 0 aliphatic rings. The van der Waals surface area contributed by atoms with Gasteiger partial charge >= 0.3 is 0 Å². The van der Waals surface area contributed by atoms with Crippen molar-refractivity contribution in [3.05, 3.63) is 0 Å². The highest BCUT2D eigenvalue weighted by atomic mass is 79.9. The first-order valence-electron chi connectivity index (χ1n) is 4.90. The molecule has 3 nitrogen and oxygen atoms in total. The van der Waals surface area contributed by atoms with Gasteiger partial charge in [0, 0.05) is 17.1 Å². The predicted octanol–water partition coefficient (Wildman–Crippen LogP) is 1.53. The molecular formula is C9H20BrNO2S. The van der Waals surface area contributed by atoms with Crippen molar-refractivity contribution in [3.8, 4) is 0 Å². The second kappa shape index (κ2) is 6.80. The number of hydrogen-bond donors (Lipinski definition) is 0. The van der Waals surface area contributed by atoms with Gasteiger partial charge in [-0.05, 0) is 20.0 Å². The molecule has 0 saturated carbocycles. The van der Waals surface area contributed by atoms with Crippen LogP contribution in [0.4, 0.5) is 0 Å². The maximum atomic E-state index is 11.2. The van der Waals surface area contributed by atoms with Gasteiger partial charge in [0.2, 0.25) is 0 Å². The summed E-state index contributed by atoms with van der Waals surface area (Å²) in [5.74, 6) is 0.520. The molecule has 0 aromatic heterocycles. The monoisotopic (exact) mass is 285 g/mol. The fourth-order valence-corrected chi connectivity index (χ4v) is 2.03. The topological polar surface area (TPSA) is 37.4 Å². The Morgan fingerprint density at radius 1 is 1.36 bits per heavy atom. The lowest BCUT2D eigenvalue weighted by atomic mass is 10.3. The number of rotatable bonds is 7. The first-order valence-corrected chi connectivity index (χ1v) is 7.64. The summed E-state index contributed by atoms with van der Waals surface area (Å²) >= 11 is 3.46. The third-order valence-electron chi connectivity index (χ3n) is 2.13. The zero-order valence-corrected chi connectivity index (χ0v) is 11.6. The average molecular weight is 286 g/mol. The minimum atomic E-state index is -2.81. The Bertz CT molecular complexity index is 239. The number of nitrogens with zero attached hydrogens (tertiary/aromatic N) is 1. The smallest absolute Gasteiger partial charge is 0.151 e. The predicted molar refractivity (Wildman–Crippen MR) is 64.8 cm³/mol. The molecule has 0 heterocycles. The van der Waals surface area contributed by atoms with Gasteiger partial charge in [-0.2, -0.15) is 0 Å². The van der Waals surface area contributed by atoms with Crippen LogP contribution < -0.4 is 0 Å². The van der Waals surface area contributed by atoms with Gasteiger partial charge < -0.3 is 4.90 Å². The van der Waals surface area contributed by atoms with Gasteiger partial charge in [-0.1, -0.05) is 29.8 Å². The molecule has 0 aromatic rings. The minimum Gasteiger partial charge on any atom is -0.305 e. The van der Waals surface area contributed by atoms with E-state index >= 15 is 0 Å². The van der Waals surface area contributed by atoms with Crippen molar-refractivity contribution in [1.29, 1.82) is 0 Å². The van der Waals surface area contributed by atoms with Crippen LogP contribution in [-0.4, -0.2) is 49.8 Å². The molecule has 0 aliphatic carbocycles. The van der Waals surface area contributed by atoms with Crippen LogP contribution in [0.2, 0.25) is 0 Å². The Morgan fingerprint density at radius 2 is 1.93 bits per heavy atom. The van der Waals surface area contributed by atoms with Gasteiger partial charge in [-0.3, -0.25) is 0 Å². The van der Waals surface area contributed by atoms with Gasteiger partial charge in [-0.25, -0.2) is 8.42 Å². The summed E-state index contributed by atoms with van der Waals surface area (Å²) in [7, 11) is -0.848. The second-order valence-corrected chi connectivity index (χ2v) is 7.64. The van der Waals surface area contributed by atoms with Crippen molar-refractivity contribution >= 4 is 25.8 Å². The van der Waals surface area contributed by atoms with E-state index in [9.17, 15) is 8.42 Å². The van der Waals surface area contributed by atoms with Crippen LogP contribution in [0.15, 0.2) is 0 Å². The van der Waals surface area contributed by atoms with Crippen LogP contribution in [0, 0.1) is 0 Å². The molecule has 1 unspecified atom stereocenters. The van der Waals surface area contributed by atoms with Crippen molar-refractivity contribution in [2.45, 2.75) is 25.1 Å². The van der Waals surface area contributed by atoms with Crippen molar-refractivity contribution in [2.75, 3.05) is 31.6 Å². The van der Waals surface area contributed by atoms with Crippen molar-refractivity contribution in [2.24, 2.45) is 0 Å². The molecule has 14 heavy (non-hydrogen) atoms. The number of sulfone groups is 1. The lowest BCUT2D eigenvalue weighted by Crippen LogP contribution is -2.28. The Kier molecular flexibility index (Phi) is 6.99. The largest absolute Gasteiger partial charge is 0.305 e. The first kappa shape index (κ1) is 14.4. The number of halogens is 1. The highest BCUT2D eigenvalue weighted by molar-refractivity contribution is 9.09. The summed E-state index contributed by atoms with van der Waals surface area (Å²) < 4.78 is 22.4. The lowest BCUT2D eigenvalue weighted by Gasteiger charge is -2.16. The van der Waals surface area contributed by atoms with E-state index in [1.807, 2.05) is 7.05 Å². The summed E-state index contributed by atoms with van der Waals surface area (Å²) in [5, 5.41) is 0. The molecule has 0 rings (SSSR count). The van der Waals surface area contributed by atoms with Crippen LogP contribution in [0.1, 0.15) is 20.3 Å². The van der Waals surface area contributed by atoms with E-state index in [2.05, 4.69) is 27.8 Å². The summed E-state index contributed by atoms with van der Waals surface area (Å²) in [6.07, 6.45) is 1.04. The van der Waals surface area contributed by atoms with Gasteiger partial charge in [0.15, 0.2) is 9.84 Å². The zero-order chi connectivity index (χ0) is 11.2. The third-order valence-corrected chi connectivity index (χ3v) is 4.27. The standard InChI is InChI=1S/C9H20BrNO2S/c1-4-14(12,13)8-7-11(3)6-5-9(2)10/h9H,4-8H2,1-3H3. The van der Waals surface area contributed by atoms with E-state index in [1.54, 1.807) is 6.92 Å². The van der Waals surface area contributed by atoms with E-state index < -0.39 is 9.84 Å². The first-order chi connectivity index (χ1) is 6.37. The molecule has 0 fully saturated rings. The molecule has 0 bridgehead atoms. The molecule has 86 valence electrons. The molecule has 0 N–H and O–H groups in total. The summed E-state index contributed by atoms with van der Waals surface area (Å²) in [6, 6.07) is 0. The van der Waals surface area contributed by atoms with Gasteiger partial charge in [0.05, 0.1) is 5.75 Å². The molecule has 5 heteroatoms. The second-order valence-electron chi connectivity index (χ2n) is 3.61. The maximum absolute atomic E-state index is 11.2. The molecular weight excluding hydrogens is 266 g/mol. The summed E-state index contributed by atoms with van der Waals surface area (Å²) in [5.41, 5.74) is 0. The van der Waals surface area contributed by atoms with Crippen LogP contribution >= 0.6 is 15.9 Å². The Labute approximate surface area is 95.9 Å². The molecule has 0 spiro atoms. The summed E-state index contributed by atoms with van der Waals surface area (Å²) in [4.78, 5) is 2.55. The van der Waals surface area contributed by atoms with E-state index in [0.29, 0.717) is 11.4 Å². The van der Waals surface area contributed by atoms with Gasteiger partial charge in [-0.15, -0.1) is 0 Å². The van der Waals surface area contributed by atoms with Gasteiger partial charge in [0.25, 0.3) is 0 Å². The van der Waals surface area contributed by atoms with Gasteiger partial charge in [0.1, 0.15) is 0 Å². The number of alkyl halides is 1. The van der Waals surface area contributed by atoms with E-state index in [-0.39, 0.29) is 11.5 Å². The Morgan fingerprint density at radius 3 is 2.36 bits per heavy atom. The fourth-order valence-electron chi connectivity index (χ4n) is 0.949. The Balaban J connectivity index is 3.69. The quantitative estimate of drug-likeness (QED) is 0.666. The fraction of sp³-hybridized carbons (Fsp3) is 1.00. The molecule has 0 radical (unpaired) electrons. The molecule has 0 saturated heterocycles. The zero-order valence-electron chi connectivity index (χ0n) is 9.16. The molecule has 0 aromatic carbocycles. The highest BCUT2D eigenvalue weighted by Crippen LogP contribution is 2.03.